The Morgan fingerprint density at radius 2 is 1.73 bits per heavy atom. The molecule has 0 saturated carbocycles. The molecule has 30 heavy (non-hydrogen) atoms. The molecule has 2 aromatic carbocycles. The average Bonchev–Trinajstić information content (AvgIpc) is 2.97. The van der Waals surface area contributed by atoms with Gasteiger partial charge < -0.3 is 8.92 Å². The van der Waals surface area contributed by atoms with Gasteiger partial charge in [0, 0.05) is 5.56 Å². The third-order valence-electron chi connectivity index (χ3n) is 3.90. The highest BCUT2D eigenvalue weighted by Gasteiger charge is 2.36. The standard InChI is InChI=1S/C20H17NO7S2/c1-2-27-18(22)13-21-19(23)17(29-20(21)24)12-14-8-6-7-11-16(14)28-30(25,26)15-9-4-3-5-10-15/h3-12H,2,13H2,1H3/b17-12-. The number of carbonyl (C=O) groups excluding carboxylic acids is 3. The van der Waals surface area contributed by atoms with Gasteiger partial charge in [0.15, 0.2) is 0 Å². The second-order valence-electron chi connectivity index (χ2n) is 5.96. The van der Waals surface area contributed by atoms with Crippen LogP contribution in [0.1, 0.15) is 12.5 Å². The number of carbonyl (C=O) groups is 3. The highest BCUT2D eigenvalue weighted by Crippen LogP contribution is 2.34. The first-order valence-electron chi connectivity index (χ1n) is 8.81. The summed E-state index contributed by atoms with van der Waals surface area (Å²) in [7, 11) is -4.09. The predicted octanol–water partition coefficient (Wildman–Crippen LogP) is 3.05. The lowest BCUT2D eigenvalue weighted by Gasteiger charge is -2.11. The zero-order valence-corrected chi connectivity index (χ0v) is 17.4. The van der Waals surface area contributed by atoms with Crippen LogP contribution in [0.3, 0.4) is 0 Å². The molecule has 2 amide bonds. The van der Waals surface area contributed by atoms with E-state index in [0.717, 1.165) is 4.90 Å². The Labute approximate surface area is 177 Å². The van der Waals surface area contributed by atoms with Crippen LogP contribution in [-0.4, -0.2) is 43.6 Å². The summed E-state index contributed by atoms with van der Waals surface area (Å²) in [6.45, 7) is 1.26. The van der Waals surface area contributed by atoms with Gasteiger partial charge in [0.2, 0.25) is 0 Å². The quantitative estimate of drug-likeness (QED) is 0.362. The first-order chi connectivity index (χ1) is 14.3. The number of ether oxygens (including phenoxy) is 1. The van der Waals surface area contributed by atoms with Crippen LogP contribution in [0.4, 0.5) is 4.79 Å². The van der Waals surface area contributed by atoms with Gasteiger partial charge in [-0.25, -0.2) is 0 Å². The summed E-state index contributed by atoms with van der Waals surface area (Å²) in [5.74, 6) is -1.36. The highest BCUT2D eigenvalue weighted by atomic mass is 32.2. The second-order valence-corrected chi connectivity index (χ2v) is 8.50. The van der Waals surface area contributed by atoms with Crippen LogP contribution in [0.5, 0.6) is 5.75 Å². The van der Waals surface area contributed by atoms with Crippen LogP contribution in [0.25, 0.3) is 6.08 Å². The van der Waals surface area contributed by atoms with Crippen molar-refractivity contribution in [2.75, 3.05) is 13.2 Å². The maximum atomic E-state index is 12.5. The lowest BCUT2D eigenvalue weighted by atomic mass is 10.2. The van der Waals surface area contributed by atoms with Crippen molar-refractivity contribution < 1.29 is 31.7 Å². The summed E-state index contributed by atoms with van der Waals surface area (Å²) < 4.78 is 35.0. The Bertz CT molecular complexity index is 1110. The zero-order valence-electron chi connectivity index (χ0n) is 15.8. The molecule has 8 nitrogen and oxygen atoms in total. The molecule has 3 rings (SSSR count). The molecule has 0 bridgehead atoms. The van der Waals surface area contributed by atoms with Crippen molar-refractivity contribution in [3.63, 3.8) is 0 Å². The van der Waals surface area contributed by atoms with Crippen molar-refractivity contribution in [2.24, 2.45) is 0 Å². The Balaban J connectivity index is 1.86. The van der Waals surface area contributed by atoms with Gasteiger partial charge in [-0.15, -0.1) is 0 Å². The van der Waals surface area contributed by atoms with Crippen LogP contribution in [0, 0.1) is 0 Å². The zero-order chi connectivity index (χ0) is 21.7. The third-order valence-corrected chi connectivity index (χ3v) is 6.06. The van der Waals surface area contributed by atoms with Gasteiger partial charge in [0.05, 0.1) is 11.5 Å². The fraction of sp³-hybridized carbons (Fsp3) is 0.150. The van der Waals surface area contributed by atoms with E-state index < -0.39 is 33.8 Å². The van der Waals surface area contributed by atoms with E-state index in [1.165, 1.54) is 24.3 Å². The molecule has 0 aromatic heterocycles. The number of hydrogen-bond donors (Lipinski definition) is 0. The summed E-state index contributed by atoms with van der Waals surface area (Å²) >= 11 is 0.646. The number of benzene rings is 2. The molecule has 0 aliphatic carbocycles. The van der Waals surface area contributed by atoms with E-state index in [1.807, 2.05) is 0 Å². The number of thioether (sulfide) groups is 1. The Kier molecular flexibility index (Phi) is 6.58. The molecule has 10 heteroatoms. The lowest BCUT2D eigenvalue weighted by Crippen LogP contribution is -2.34. The van der Waals surface area contributed by atoms with Crippen LogP contribution in [0.2, 0.25) is 0 Å². The second kappa shape index (κ2) is 9.14. The molecule has 1 heterocycles. The first kappa shape index (κ1) is 21.6. The minimum absolute atomic E-state index is 0.00135. The number of esters is 1. The maximum absolute atomic E-state index is 12.5. The van der Waals surface area contributed by atoms with E-state index in [-0.39, 0.29) is 22.2 Å². The molecule has 156 valence electrons. The largest absolute Gasteiger partial charge is 0.465 e. The van der Waals surface area contributed by atoms with Gasteiger partial charge in [-0.1, -0.05) is 36.4 Å². The Morgan fingerprint density at radius 3 is 2.43 bits per heavy atom. The van der Waals surface area contributed by atoms with Crippen LogP contribution < -0.4 is 4.18 Å². The third kappa shape index (κ3) is 4.89. The van der Waals surface area contributed by atoms with Crippen molar-refractivity contribution in [1.29, 1.82) is 0 Å². The fourth-order valence-corrected chi connectivity index (χ4v) is 4.35. The number of imide groups is 1. The summed E-state index contributed by atoms with van der Waals surface area (Å²) in [6.07, 6.45) is 1.35. The fourth-order valence-electron chi connectivity index (χ4n) is 2.54. The smallest absolute Gasteiger partial charge is 0.339 e. The maximum Gasteiger partial charge on any atom is 0.339 e. The molecule has 1 fully saturated rings. The Morgan fingerprint density at radius 1 is 1.07 bits per heavy atom. The summed E-state index contributed by atoms with van der Waals surface area (Å²) in [6, 6.07) is 13.8. The molecule has 0 atom stereocenters. The number of nitrogens with zero attached hydrogens (tertiary/aromatic N) is 1. The number of amides is 2. The first-order valence-corrected chi connectivity index (χ1v) is 11.0. The molecule has 0 N–H and O–H groups in total. The number of para-hydroxylation sites is 1. The van der Waals surface area contributed by atoms with Crippen molar-refractivity contribution in [1.82, 2.24) is 4.90 Å². The van der Waals surface area contributed by atoms with Crippen LogP contribution >= 0.6 is 11.8 Å². The summed E-state index contributed by atoms with van der Waals surface area (Å²) in [5, 5.41) is -0.616. The van der Waals surface area contributed by atoms with Crippen molar-refractivity contribution in [3.8, 4) is 5.75 Å². The van der Waals surface area contributed by atoms with E-state index in [4.69, 9.17) is 8.92 Å². The Hall–Kier alpha value is -3.11. The molecule has 1 aliphatic heterocycles. The van der Waals surface area contributed by atoms with Crippen molar-refractivity contribution in [2.45, 2.75) is 11.8 Å². The molecule has 1 saturated heterocycles. The van der Waals surface area contributed by atoms with E-state index in [0.29, 0.717) is 17.3 Å². The van der Waals surface area contributed by atoms with E-state index >= 15 is 0 Å². The van der Waals surface area contributed by atoms with Crippen LogP contribution in [0.15, 0.2) is 64.4 Å². The van der Waals surface area contributed by atoms with Crippen molar-refractivity contribution in [3.05, 3.63) is 65.1 Å². The van der Waals surface area contributed by atoms with Gasteiger partial charge in [0.25, 0.3) is 11.1 Å². The molecule has 2 aromatic rings. The van der Waals surface area contributed by atoms with Gasteiger partial charge in [-0.05, 0) is 43.0 Å². The number of hydrogen-bond acceptors (Lipinski definition) is 8. The van der Waals surface area contributed by atoms with Gasteiger partial charge in [-0.2, -0.15) is 8.42 Å². The normalized spacial score (nSPS) is 15.5. The lowest BCUT2D eigenvalue weighted by molar-refractivity contribution is -0.145. The highest BCUT2D eigenvalue weighted by molar-refractivity contribution is 8.18. The van der Waals surface area contributed by atoms with E-state index in [9.17, 15) is 22.8 Å². The predicted molar refractivity (Wildman–Crippen MR) is 110 cm³/mol. The van der Waals surface area contributed by atoms with Gasteiger partial charge in [-0.3, -0.25) is 19.3 Å². The van der Waals surface area contributed by atoms with Crippen LogP contribution in [-0.2, 0) is 24.4 Å². The van der Waals surface area contributed by atoms with Crippen molar-refractivity contribution >= 4 is 45.1 Å². The minimum atomic E-state index is -4.09. The molecule has 0 unspecified atom stereocenters. The molecular formula is C20H17NO7S2. The molecule has 0 spiro atoms. The monoisotopic (exact) mass is 447 g/mol. The number of rotatable bonds is 7. The average molecular weight is 447 g/mol. The topological polar surface area (TPSA) is 107 Å². The SMILES string of the molecule is CCOC(=O)CN1C(=O)S/C(=C\c2ccccc2OS(=O)(=O)c2ccccc2)C1=O. The molecular weight excluding hydrogens is 430 g/mol. The summed E-state index contributed by atoms with van der Waals surface area (Å²) in [5.41, 5.74) is 0.290. The van der Waals surface area contributed by atoms with Gasteiger partial charge >= 0.3 is 16.1 Å². The van der Waals surface area contributed by atoms with E-state index in [2.05, 4.69) is 0 Å². The minimum Gasteiger partial charge on any atom is -0.465 e. The molecule has 0 radical (unpaired) electrons. The molecule has 1 aliphatic rings. The summed E-state index contributed by atoms with van der Waals surface area (Å²) in [4.78, 5) is 37.1. The van der Waals surface area contributed by atoms with Gasteiger partial charge in [0.1, 0.15) is 17.2 Å². The van der Waals surface area contributed by atoms with E-state index in [1.54, 1.807) is 43.3 Å².